The molecule has 0 heterocycles. The molecule has 0 aromatic heterocycles. The van der Waals surface area contributed by atoms with E-state index in [9.17, 15) is 8.42 Å². The van der Waals surface area contributed by atoms with Crippen molar-refractivity contribution in [2.24, 2.45) is 0 Å². The molecule has 0 radical (unpaired) electrons. The van der Waals surface area contributed by atoms with E-state index in [1.165, 1.54) is 6.07 Å². The fourth-order valence-corrected chi connectivity index (χ4v) is 2.55. The third-order valence-corrected chi connectivity index (χ3v) is 3.85. The van der Waals surface area contributed by atoms with Crippen molar-refractivity contribution in [3.63, 3.8) is 0 Å². The maximum Gasteiger partial charge on any atom is 0.294 e. The Bertz CT molecular complexity index is 671. The van der Waals surface area contributed by atoms with Crippen LogP contribution in [0.25, 0.3) is 11.1 Å². The van der Waals surface area contributed by atoms with Gasteiger partial charge in [-0.05, 0) is 36.6 Å². The highest BCUT2D eigenvalue weighted by molar-refractivity contribution is 7.85. The lowest BCUT2D eigenvalue weighted by Gasteiger charge is -2.07. The largest absolute Gasteiger partial charge is 0.294 e. The van der Waals surface area contributed by atoms with Crippen molar-refractivity contribution in [3.05, 3.63) is 53.6 Å². The highest BCUT2D eigenvalue weighted by Gasteiger charge is 2.13. The molecular weight excluding hydrogens is 248 g/mol. The Morgan fingerprint density at radius 3 is 2.00 bits per heavy atom. The molecule has 0 saturated heterocycles. The van der Waals surface area contributed by atoms with Crippen LogP contribution in [0.5, 0.6) is 0 Å². The summed E-state index contributed by atoms with van der Waals surface area (Å²) in [6, 6.07) is 12.8. The number of hydrogen-bond acceptors (Lipinski definition) is 2. The van der Waals surface area contributed by atoms with Crippen LogP contribution < -0.4 is 0 Å². The smallest absolute Gasteiger partial charge is 0.282 e. The van der Waals surface area contributed by atoms with Crippen molar-refractivity contribution in [1.82, 2.24) is 0 Å². The van der Waals surface area contributed by atoms with Gasteiger partial charge in [0.1, 0.15) is 0 Å². The number of aryl methyl sites for hydroxylation is 2. The topological polar surface area (TPSA) is 54.4 Å². The van der Waals surface area contributed by atoms with Gasteiger partial charge in [0.15, 0.2) is 0 Å². The van der Waals surface area contributed by atoms with E-state index in [0.29, 0.717) is 5.56 Å². The molecule has 0 amide bonds. The molecule has 0 saturated carbocycles. The predicted molar refractivity (Wildman–Crippen MR) is 71.2 cm³/mol. The van der Waals surface area contributed by atoms with Crippen molar-refractivity contribution in [3.8, 4) is 11.1 Å². The van der Waals surface area contributed by atoms with Crippen LogP contribution in [-0.2, 0) is 10.1 Å². The molecule has 1 N–H and O–H groups in total. The van der Waals surface area contributed by atoms with E-state index < -0.39 is 10.1 Å². The van der Waals surface area contributed by atoms with Gasteiger partial charge in [0.05, 0.1) is 4.90 Å². The van der Waals surface area contributed by atoms with E-state index in [-0.39, 0.29) is 4.90 Å². The van der Waals surface area contributed by atoms with Crippen LogP contribution in [0.4, 0.5) is 0 Å². The standard InChI is InChI=1S/C14H14O3S/c1-10-3-6-12(7-4-10)13-8-5-11(2)14(9-13)18(15,16)17/h3-9H,1-2H3,(H,15,16,17). The molecular formula is C14H14O3S. The van der Waals surface area contributed by atoms with Gasteiger partial charge in [-0.25, -0.2) is 0 Å². The van der Waals surface area contributed by atoms with E-state index in [1.54, 1.807) is 13.0 Å². The molecule has 0 spiro atoms. The highest BCUT2D eigenvalue weighted by atomic mass is 32.2. The summed E-state index contributed by atoms with van der Waals surface area (Å²) in [7, 11) is -4.17. The van der Waals surface area contributed by atoms with Gasteiger partial charge in [-0.2, -0.15) is 8.42 Å². The van der Waals surface area contributed by atoms with Gasteiger partial charge in [-0.1, -0.05) is 42.0 Å². The minimum Gasteiger partial charge on any atom is -0.282 e. The second-order valence-corrected chi connectivity index (χ2v) is 5.71. The Hall–Kier alpha value is -1.65. The van der Waals surface area contributed by atoms with E-state index in [0.717, 1.165) is 16.7 Å². The van der Waals surface area contributed by atoms with Crippen LogP contribution in [0, 0.1) is 13.8 Å². The molecule has 0 unspecified atom stereocenters. The summed E-state index contributed by atoms with van der Waals surface area (Å²) >= 11 is 0. The van der Waals surface area contributed by atoms with Crippen LogP contribution >= 0.6 is 0 Å². The van der Waals surface area contributed by atoms with Crippen LogP contribution in [0.15, 0.2) is 47.4 Å². The lowest BCUT2D eigenvalue weighted by molar-refractivity contribution is 0.482. The lowest BCUT2D eigenvalue weighted by atomic mass is 10.0. The second-order valence-electron chi connectivity index (χ2n) is 4.32. The van der Waals surface area contributed by atoms with Gasteiger partial charge in [-0.15, -0.1) is 0 Å². The zero-order valence-corrected chi connectivity index (χ0v) is 11.0. The molecule has 0 bridgehead atoms. The maximum atomic E-state index is 11.2. The summed E-state index contributed by atoms with van der Waals surface area (Å²) < 4.78 is 31.7. The normalized spacial score (nSPS) is 11.5. The minimum atomic E-state index is -4.17. The third kappa shape index (κ3) is 2.60. The van der Waals surface area contributed by atoms with E-state index >= 15 is 0 Å². The molecule has 2 aromatic carbocycles. The van der Waals surface area contributed by atoms with E-state index in [1.807, 2.05) is 37.3 Å². The first-order chi connectivity index (χ1) is 8.38. The molecule has 0 aliphatic carbocycles. The van der Waals surface area contributed by atoms with Crippen LogP contribution in [-0.4, -0.2) is 13.0 Å². The van der Waals surface area contributed by atoms with Gasteiger partial charge in [-0.3, -0.25) is 4.55 Å². The number of rotatable bonds is 2. The molecule has 0 aliphatic rings. The summed E-state index contributed by atoms with van der Waals surface area (Å²) in [5.41, 5.74) is 3.37. The van der Waals surface area contributed by atoms with Crippen molar-refractivity contribution in [2.75, 3.05) is 0 Å². The molecule has 3 nitrogen and oxygen atoms in total. The van der Waals surface area contributed by atoms with Crippen molar-refractivity contribution < 1.29 is 13.0 Å². The summed E-state index contributed by atoms with van der Waals surface area (Å²) in [4.78, 5) is -0.0411. The Balaban J connectivity index is 2.57. The first-order valence-electron chi connectivity index (χ1n) is 5.53. The first-order valence-corrected chi connectivity index (χ1v) is 6.97. The minimum absolute atomic E-state index is 0.0411. The summed E-state index contributed by atoms with van der Waals surface area (Å²) in [5.74, 6) is 0. The van der Waals surface area contributed by atoms with Gasteiger partial charge in [0.2, 0.25) is 0 Å². The molecule has 2 aromatic rings. The van der Waals surface area contributed by atoms with Gasteiger partial charge in [0.25, 0.3) is 10.1 Å². The van der Waals surface area contributed by atoms with Crippen molar-refractivity contribution in [2.45, 2.75) is 18.7 Å². The fourth-order valence-electron chi connectivity index (χ4n) is 1.80. The zero-order valence-electron chi connectivity index (χ0n) is 10.2. The molecule has 94 valence electrons. The molecule has 2 rings (SSSR count). The number of hydrogen-bond donors (Lipinski definition) is 1. The Labute approximate surface area is 107 Å². The SMILES string of the molecule is Cc1ccc(-c2ccc(C)c(S(=O)(=O)O)c2)cc1. The Kier molecular flexibility index (Phi) is 3.24. The summed E-state index contributed by atoms with van der Waals surface area (Å²) in [6.45, 7) is 3.64. The number of benzene rings is 2. The Morgan fingerprint density at radius 2 is 1.44 bits per heavy atom. The average Bonchev–Trinajstić information content (AvgIpc) is 2.29. The van der Waals surface area contributed by atoms with Crippen LogP contribution in [0.3, 0.4) is 0 Å². The van der Waals surface area contributed by atoms with Crippen LogP contribution in [0.2, 0.25) is 0 Å². The van der Waals surface area contributed by atoms with Crippen LogP contribution in [0.1, 0.15) is 11.1 Å². The third-order valence-electron chi connectivity index (χ3n) is 2.85. The molecule has 18 heavy (non-hydrogen) atoms. The fraction of sp³-hybridized carbons (Fsp3) is 0.143. The quantitative estimate of drug-likeness (QED) is 0.845. The van der Waals surface area contributed by atoms with Gasteiger partial charge in [0, 0.05) is 0 Å². The molecule has 0 fully saturated rings. The Morgan fingerprint density at radius 1 is 0.889 bits per heavy atom. The monoisotopic (exact) mass is 262 g/mol. The lowest BCUT2D eigenvalue weighted by Crippen LogP contribution is -2.01. The van der Waals surface area contributed by atoms with E-state index in [4.69, 9.17) is 4.55 Å². The summed E-state index contributed by atoms with van der Waals surface area (Å²) in [5, 5.41) is 0. The predicted octanol–water partition coefficient (Wildman–Crippen LogP) is 3.22. The molecule has 4 heteroatoms. The highest BCUT2D eigenvalue weighted by Crippen LogP contribution is 2.25. The molecule has 0 atom stereocenters. The maximum absolute atomic E-state index is 11.2. The van der Waals surface area contributed by atoms with Crippen molar-refractivity contribution in [1.29, 1.82) is 0 Å². The van der Waals surface area contributed by atoms with Crippen molar-refractivity contribution >= 4 is 10.1 Å². The zero-order chi connectivity index (χ0) is 13.3. The first kappa shape index (κ1) is 12.8. The van der Waals surface area contributed by atoms with Gasteiger partial charge < -0.3 is 0 Å². The van der Waals surface area contributed by atoms with E-state index in [2.05, 4.69) is 0 Å². The average molecular weight is 262 g/mol. The van der Waals surface area contributed by atoms with Gasteiger partial charge >= 0.3 is 0 Å². The molecule has 0 aliphatic heterocycles. The second kappa shape index (κ2) is 4.55. The summed E-state index contributed by atoms with van der Waals surface area (Å²) in [6.07, 6.45) is 0.